The van der Waals surface area contributed by atoms with Crippen molar-refractivity contribution < 1.29 is 24.3 Å². The molecule has 1 aliphatic heterocycles. The highest BCUT2D eigenvalue weighted by Crippen LogP contribution is 2.23. The fraction of sp³-hybridized carbons (Fsp3) is 0.333. The summed E-state index contributed by atoms with van der Waals surface area (Å²) in [4.78, 5) is 47.7. The molecule has 1 aliphatic rings. The molecule has 1 aromatic carbocycles. The highest BCUT2D eigenvalue weighted by molar-refractivity contribution is 6.21. The topological polar surface area (TPSA) is 104 Å². The van der Waals surface area contributed by atoms with Crippen LogP contribution in [0.2, 0.25) is 0 Å². The number of imide groups is 1. The molecule has 0 aliphatic carbocycles. The van der Waals surface area contributed by atoms with E-state index in [-0.39, 0.29) is 23.2 Å². The van der Waals surface area contributed by atoms with Gasteiger partial charge in [0.2, 0.25) is 0 Å². The van der Waals surface area contributed by atoms with E-state index in [1.54, 1.807) is 0 Å². The smallest absolute Gasteiger partial charge is 0.310 e. The predicted octanol–water partition coefficient (Wildman–Crippen LogP) is 0.753. The zero-order chi connectivity index (χ0) is 16.7. The monoisotopic (exact) mass is 304 g/mol. The summed E-state index contributed by atoms with van der Waals surface area (Å²) in [5.41, 5.74) is -0.456. The lowest BCUT2D eigenvalue weighted by atomic mass is 9.94. The van der Waals surface area contributed by atoms with Crippen LogP contribution in [0, 0.1) is 5.41 Å². The van der Waals surface area contributed by atoms with Crippen LogP contribution in [-0.4, -0.2) is 47.3 Å². The molecule has 0 bridgehead atoms. The highest BCUT2D eigenvalue weighted by Gasteiger charge is 2.33. The molecular weight excluding hydrogens is 288 g/mol. The number of nitrogens with one attached hydrogen (secondary N) is 1. The summed E-state index contributed by atoms with van der Waals surface area (Å²) in [5.74, 6) is -2.38. The van der Waals surface area contributed by atoms with Crippen LogP contribution in [0.25, 0.3) is 0 Å². The molecule has 3 amide bonds. The molecule has 116 valence electrons. The third-order valence-electron chi connectivity index (χ3n) is 3.62. The summed E-state index contributed by atoms with van der Waals surface area (Å²) in [6, 6.07) is 4.21. The van der Waals surface area contributed by atoms with Crippen LogP contribution in [0.4, 0.5) is 0 Å². The van der Waals surface area contributed by atoms with E-state index in [1.165, 1.54) is 39.1 Å². The van der Waals surface area contributed by atoms with Gasteiger partial charge in [-0.2, -0.15) is 0 Å². The number of aliphatic carboxylic acids is 1. The summed E-state index contributed by atoms with van der Waals surface area (Å²) in [5, 5.41) is 11.5. The predicted molar refractivity (Wildman–Crippen MR) is 76.6 cm³/mol. The fourth-order valence-corrected chi connectivity index (χ4v) is 1.98. The highest BCUT2D eigenvalue weighted by atomic mass is 16.4. The molecule has 0 atom stereocenters. The van der Waals surface area contributed by atoms with Gasteiger partial charge in [-0.25, -0.2) is 0 Å². The number of carboxylic acid groups (broad SMARTS) is 1. The van der Waals surface area contributed by atoms with Crippen LogP contribution in [0.5, 0.6) is 0 Å². The van der Waals surface area contributed by atoms with Crippen LogP contribution in [0.1, 0.15) is 44.9 Å². The van der Waals surface area contributed by atoms with Crippen LogP contribution >= 0.6 is 0 Å². The number of benzene rings is 1. The molecule has 7 heteroatoms. The van der Waals surface area contributed by atoms with Gasteiger partial charge in [0.15, 0.2) is 0 Å². The molecule has 0 fully saturated rings. The van der Waals surface area contributed by atoms with Crippen LogP contribution in [0.3, 0.4) is 0 Å². The van der Waals surface area contributed by atoms with Crippen molar-refractivity contribution in [3.63, 3.8) is 0 Å². The van der Waals surface area contributed by atoms with Gasteiger partial charge in [-0.1, -0.05) is 0 Å². The SMILES string of the molecule is CN1C(=O)c2ccc(C(=O)NCC(C)(C)C(=O)O)cc2C1=O. The number of fused-ring (bicyclic) bond motifs is 1. The molecule has 0 saturated heterocycles. The Morgan fingerprint density at radius 1 is 1.18 bits per heavy atom. The minimum Gasteiger partial charge on any atom is -0.481 e. The first-order valence-electron chi connectivity index (χ1n) is 6.63. The third-order valence-corrected chi connectivity index (χ3v) is 3.62. The van der Waals surface area contributed by atoms with Crippen molar-refractivity contribution >= 4 is 23.7 Å². The zero-order valence-electron chi connectivity index (χ0n) is 12.5. The van der Waals surface area contributed by atoms with E-state index in [9.17, 15) is 19.2 Å². The Labute approximate surface area is 126 Å². The van der Waals surface area contributed by atoms with Gasteiger partial charge in [0, 0.05) is 19.2 Å². The van der Waals surface area contributed by atoms with Gasteiger partial charge in [0.1, 0.15) is 0 Å². The lowest BCUT2D eigenvalue weighted by Crippen LogP contribution is -2.38. The van der Waals surface area contributed by atoms with E-state index < -0.39 is 29.1 Å². The molecule has 22 heavy (non-hydrogen) atoms. The molecule has 2 N–H and O–H groups in total. The number of hydrogen-bond donors (Lipinski definition) is 2. The summed E-state index contributed by atoms with van der Waals surface area (Å²) in [6.07, 6.45) is 0. The number of nitrogens with zero attached hydrogens (tertiary/aromatic N) is 1. The minimum atomic E-state index is -1.10. The van der Waals surface area contributed by atoms with Crippen molar-refractivity contribution in [2.45, 2.75) is 13.8 Å². The van der Waals surface area contributed by atoms with E-state index in [0.717, 1.165) is 4.90 Å². The zero-order valence-corrected chi connectivity index (χ0v) is 12.5. The van der Waals surface area contributed by atoms with Gasteiger partial charge in [-0.15, -0.1) is 0 Å². The van der Waals surface area contributed by atoms with Crippen molar-refractivity contribution in [1.29, 1.82) is 0 Å². The van der Waals surface area contributed by atoms with Gasteiger partial charge in [0.25, 0.3) is 17.7 Å². The molecular formula is C15H16N2O5. The van der Waals surface area contributed by atoms with Crippen molar-refractivity contribution in [1.82, 2.24) is 10.2 Å². The number of amides is 3. The minimum absolute atomic E-state index is 0.0506. The van der Waals surface area contributed by atoms with Crippen molar-refractivity contribution in [2.75, 3.05) is 13.6 Å². The van der Waals surface area contributed by atoms with Gasteiger partial charge in [0.05, 0.1) is 16.5 Å². The Hall–Kier alpha value is -2.70. The average Bonchev–Trinajstić information content (AvgIpc) is 2.69. The van der Waals surface area contributed by atoms with Gasteiger partial charge >= 0.3 is 5.97 Å². The number of hydrogen-bond acceptors (Lipinski definition) is 4. The molecule has 0 unspecified atom stereocenters. The second-order valence-electron chi connectivity index (χ2n) is 5.80. The maximum Gasteiger partial charge on any atom is 0.310 e. The van der Waals surface area contributed by atoms with E-state index >= 15 is 0 Å². The number of carbonyl (C=O) groups excluding carboxylic acids is 3. The molecule has 2 rings (SSSR count). The lowest BCUT2D eigenvalue weighted by Gasteiger charge is -2.19. The summed E-state index contributed by atoms with van der Waals surface area (Å²) < 4.78 is 0. The van der Waals surface area contributed by atoms with Gasteiger partial charge < -0.3 is 10.4 Å². The van der Waals surface area contributed by atoms with Crippen molar-refractivity contribution in [3.05, 3.63) is 34.9 Å². The molecule has 1 heterocycles. The Morgan fingerprint density at radius 2 is 1.77 bits per heavy atom. The van der Waals surface area contributed by atoms with Crippen LogP contribution < -0.4 is 5.32 Å². The normalized spacial score (nSPS) is 14.0. The quantitative estimate of drug-likeness (QED) is 0.799. The van der Waals surface area contributed by atoms with Crippen LogP contribution in [0.15, 0.2) is 18.2 Å². The second kappa shape index (κ2) is 5.25. The third kappa shape index (κ3) is 2.57. The summed E-state index contributed by atoms with van der Waals surface area (Å²) in [6.45, 7) is 2.94. The molecule has 0 saturated carbocycles. The maximum absolute atomic E-state index is 12.1. The first-order valence-corrected chi connectivity index (χ1v) is 6.63. The van der Waals surface area contributed by atoms with Crippen molar-refractivity contribution in [3.8, 4) is 0 Å². The molecule has 0 spiro atoms. The van der Waals surface area contributed by atoms with E-state index in [2.05, 4.69) is 5.32 Å². The first kappa shape index (κ1) is 15.7. The Bertz CT molecular complexity index is 693. The Balaban J connectivity index is 2.18. The number of rotatable bonds is 4. The molecule has 1 aromatic rings. The average molecular weight is 304 g/mol. The Morgan fingerprint density at radius 3 is 2.36 bits per heavy atom. The van der Waals surface area contributed by atoms with E-state index in [4.69, 9.17) is 5.11 Å². The number of carbonyl (C=O) groups is 4. The summed E-state index contributed by atoms with van der Waals surface area (Å²) in [7, 11) is 1.37. The molecule has 0 aromatic heterocycles. The lowest BCUT2D eigenvalue weighted by molar-refractivity contribution is -0.146. The standard InChI is InChI=1S/C15H16N2O5/c1-15(2,14(21)22)7-16-11(18)8-4-5-9-10(6-8)13(20)17(3)12(9)19/h4-6H,7H2,1-3H3,(H,16,18)(H,21,22). The molecule has 7 nitrogen and oxygen atoms in total. The first-order chi connectivity index (χ1) is 10.1. The van der Waals surface area contributed by atoms with Crippen molar-refractivity contribution in [2.24, 2.45) is 5.41 Å². The van der Waals surface area contributed by atoms with E-state index in [1.807, 2.05) is 0 Å². The molecule has 0 radical (unpaired) electrons. The Kier molecular flexibility index (Phi) is 3.74. The van der Waals surface area contributed by atoms with Gasteiger partial charge in [-0.05, 0) is 32.0 Å². The summed E-state index contributed by atoms with van der Waals surface area (Å²) >= 11 is 0. The number of carboxylic acids is 1. The van der Waals surface area contributed by atoms with Gasteiger partial charge in [-0.3, -0.25) is 24.1 Å². The maximum atomic E-state index is 12.1. The van der Waals surface area contributed by atoms with Crippen LogP contribution in [-0.2, 0) is 4.79 Å². The second-order valence-corrected chi connectivity index (χ2v) is 5.80. The fourth-order valence-electron chi connectivity index (χ4n) is 1.98. The van der Waals surface area contributed by atoms with E-state index in [0.29, 0.717) is 0 Å². The largest absolute Gasteiger partial charge is 0.481 e.